The summed E-state index contributed by atoms with van der Waals surface area (Å²) >= 11 is 0. The van der Waals surface area contributed by atoms with Gasteiger partial charge in [0.15, 0.2) is 5.78 Å². The minimum atomic E-state index is -0.819. The van der Waals surface area contributed by atoms with Crippen molar-refractivity contribution in [3.63, 3.8) is 0 Å². The van der Waals surface area contributed by atoms with E-state index in [4.69, 9.17) is 0 Å². The molecule has 6 heteroatoms. The van der Waals surface area contributed by atoms with Crippen LogP contribution in [0.25, 0.3) is 5.69 Å². The van der Waals surface area contributed by atoms with Gasteiger partial charge in [-0.3, -0.25) is 14.5 Å². The van der Waals surface area contributed by atoms with Crippen LogP contribution in [0.3, 0.4) is 0 Å². The smallest absolute Gasteiger partial charge is 0.323 e. The number of carbonyl (C=O) groups is 3. The van der Waals surface area contributed by atoms with Gasteiger partial charge < -0.3 is 9.88 Å². The third kappa shape index (κ3) is 3.58. The first-order valence-corrected chi connectivity index (χ1v) is 11.1. The Kier molecular flexibility index (Phi) is 5.28. The van der Waals surface area contributed by atoms with Crippen molar-refractivity contribution in [3.05, 3.63) is 52.3 Å². The summed E-state index contributed by atoms with van der Waals surface area (Å²) in [6, 6.07) is 7.62. The molecule has 2 heterocycles. The van der Waals surface area contributed by atoms with E-state index in [9.17, 15) is 14.4 Å². The monoisotopic (exact) mass is 421 g/mol. The maximum atomic E-state index is 13.2. The standard InChI is InChI=1S/C25H31N3O3/c1-15-8-10-25(11-9-15)23(30)27(24(31)26-25)14-22(29)21-13-18(4)28(19(21)5)20-7-6-16(2)17(3)12-20/h6-7,12-13,15H,8-11,14H2,1-5H3,(H,26,31). The molecule has 1 aromatic carbocycles. The van der Waals surface area contributed by atoms with Gasteiger partial charge in [-0.2, -0.15) is 0 Å². The summed E-state index contributed by atoms with van der Waals surface area (Å²) in [6.07, 6.45) is 3.10. The molecule has 1 saturated carbocycles. The largest absolute Gasteiger partial charge is 0.325 e. The van der Waals surface area contributed by atoms with Crippen molar-refractivity contribution in [1.29, 1.82) is 0 Å². The van der Waals surface area contributed by atoms with E-state index < -0.39 is 11.6 Å². The zero-order valence-corrected chi connectivity index (χ0v) is 19.0. The minimum absolute atomic E-state index is 0.215. The van der Waals surface area contributed by atoms with Gasteiger partial charge >= 0.3 is 6.03 Å². The molecule has 1 aromatic heterocycles. The van der Waals surface area contributed by atoms with Gasteiger partial charge in [-0.15, -0.1) is 0 Å². The van der Waals surface area contributed by atoms with Crippen molar-refractivity contribution in [2.45, 2.75) is 65.8 Å². The molecule has 1 spiro atoms. The number of hydrogen-bond acceptors (Lipinski definition) is 3. The maximum Gasteiger partial charge on any atom is 0.325 e. The Morgan fingerprint density at radius 2 is 1.74 bits per heavy atom. The Labute approximate surface area is 183 Å². The number of urea groups is 1. The van der Waals surface area contributed by atoms with Crippen LogP contribution in [-0.2, 0) is 4.79 Å². The van der Waals surface area contributed by atoms with Crippen LogP contribution in [-0.4, -0.2) is 39.3 Å². The molecule has 3 amide bonds. The fraction of sp³-hybridized carbons (Fsp3) is 0.480. The van der Waals surface area contributed by atoms with Gasteiger partial charge in [0, 0.05) is 22.6 Å². The van der Waals surface area contributed by atoms with Crippen LogP contribution in [0, 0.1) is 33.6 Å². The number of aromatic nitrogens is 1. The summed E-state index contributed by atoms with van der Waals surface area (Å²) in [5.74, 6) is 0.0930. The summed E-state index contributed by atoms with van der Waals surface area (Å²) in [6.45, 7) is 9.95. The number of nitrogens with one attached hydrogen (secondary N) is 1. The first kappa shape index (κ1) is 21.3. The molecule has 4 rings (SSSR count). The SMILES string of the molecule is Cc1ccc(-n2c(C)cc(C(=O)CN3C(=O)NC4(CCC(C)CC4)C3=O)c2C)cc1C. The van der Waals surface area contributed by atoms with Crippen molar-refractivity contribution < 1.29 is 14.4 Å². The number of imide groups is 1. The van der Waals surface area contributed by atoms with Gasteiger partial charge in [0.25, 0.3) is 5.91 Å². The van der Waals surface area contributed by atoms with E-state index >= 15 is 0 Å². The summed E-state index contributed by atoms with van der Waals surface area (Å²) < 4.78 is 2.05. The van der Waals surface area contributed by atoms with Gasteiger partial charge in [-0.25, -0.2) is 4.79 Å². The predicted molar refractivity (Wildman–Crippen MR) is 120 cm³/mol. The Morgan fingerprint density at radius 1 is 1.06 bits per heavy atom. The Balaban J connectivity index is 1.57. The third-order valence-electron chi connectivity index (χ3n) is 7.16. The van der Waals surface area contributed by atoms with Crippen LogP contribution in [0.1, 0.15) is 65.5 Å². The molecular weight excluding hydrogens is 390 g/mol. The van der Waals surface area contributed by atoms with E-state index in [2.05, 4.69) is 42.8 Å². The Morgan fingerprint density at radius 3 is 2.39 bits per heavy atom. The second-order valence-corrected chi connectivity index (χ2v) is 9.40. The second kappa shape index (κ2) is 7.66. The van der Waals surface area contributed by atoms with Gasteiger partial charge in [0.1, 0.15) is 5.54 Å². The van der Waals surface area contributed by atoms with E-state index in [1.165, 1.54) is 11.1 Å². The molecule has 164 valence electrons. The summed E-state index contributed by atoms with van der Waals surface area (Å²) in [7, 11) is 0. The molecule has 1 aliphatic heterocycles. The lowest BCUT2D eigenvalue weighted by Gasteiger charge is -2.33. The number of nitrogens with zero attached hydrogens (tertiary/aromatic N) is 2. The Hall–Kier alpha value is -2.89. The van der Waals surface area contributed by atoms with Gasteiger partial charge in [-0.1, -0.05) is 13.0 Å². The van der Waals surface area contributed by atoms with Gasteiger partial charge in [0.05, 0.1) is 6.54 Å². The number of amides is 3. The molecule has 31 heavy (non-hydrogen) atoms. The van der Waals surface area contributed by atoms with Crippen molar-refractivity contribution in [3.8, 4) is 5.69 Å². The predicted octanol–water partition coefficient (Wildman–Crippen LogP) is 4.39. The molecule has 0 radical (unpaired) electrons. The summed E-state index contributed by atoms with van der Waals surface area (Å²) in [4.78, 5) is 40.0. The average Bonchev–Trinajstić information content (AvgIpc) is 3.14. The molecule has 2 aromatic rings. The zero-order valence-electron chi connectivity index (χ0n) is 19.0. The number of Topliss-reactive ketones (excluding diaryl/α,β-unsaturated/α-hetero) is 1. The lowest BCUT2D eigenvalue weighted by atomic mass is 9.77. The summed E-state index contributed by atoms with van der Waals surface area (Å²) in [5, 5.41) is 2.90. The van der Waals surface area contributed by atoms with E-state index in [1.807, 2.05) is 26.0 Å². The van der Waals surface area contributed by atoms with Crippen molar-refractivity contribution in [2.75, 3.05) is 6.54 Å². The zero-order chi connectivity index (χ0) is 22.5. The van der Waals surface area contributed by atoms with Crippen molar-refractivity contribution >= 4 is 17.7 Å². The van der Waals surface area contributed by atoms with Crippen LogP contribution in [0.15, 0.2) is 24.3 Å². The molecule has 1 aliphatic carbocycles. The van der Waals surface area contributed by atoms with Crippen LogP contribution < -0.4 is 5.32 Å². The number of hydrogen-bond donors (Lipinski definition) is 1. The highest BCUT2D eigenvalue weighted by Crippen LogP contribution is 2.36. The lowest BCUT2D eigenvalue weighted by molar-refractivity contribution is -0.132. The first-order valence-electron chi connectivity index (χ1n) is 11.1. The van der Waals surface area contributed by atoms with Crippen LogP contribution in [0.4, 0.5) is 4.79 Å². The van der Waals surface area contributed by atoms with Crippen LogP contribution in [0.5, 0.6) is 0 Å². The topological polar surface area (TPSA) is 71.4 Å². The first-order chi connectivity index (χ1) is 14.6. The van der Waals surface area contributed by atoms with Crippen molar-refractivity contribution in [2.24, 2.45) is 5.92 Å². The van der Waals surface area contributed by atoms with E-state index in [-0.39, 0.29) is 18.2 Å². The third-order valence-corrected chi connectivity index (χ3v) is 7.16. The lowest BCUT2D eigenvalue weighted by Crippen LogP contribution is -2.49. The summed E-state index contributed by atoms with van der Waals surface area (Å²) in [5.41, 5.74) is 4.90. The van der Waals surface area contributed by atoms with Crippen LogP contribution >= 0.6 is 0 Å². The fourth-order valence-electron chi connectivity index (χ4n) is 4.95. The highest BCUT2D eigenvalue weighted by molar-refractivity contribution is 6.11. The molecule has 0 bridgehead atoms. The molecule has 2 fully saturated rings. The minimum Gasteiger partial charge on any atom is -0.323 e. The number of ketones is 1. The molecule has 1 N–H and O–H groups in total. The van der Waals surface area contributed by atoms with Crippen LogP contribution in [0.2, 0.25) is 0 Å². The molecule has 1 saturated heterocycles. The van der Waals surface area contributed by atoms with Crippen molar-refractivity contribution in [1.82, 2.24) is 14.8 Å². The normalized spacial score (nSPS) is 23.5. The van der Waals surface area contributed by atoms with Gasteiger partial charge in [0.2, 0.25) is 0 Å². The highest BCUT2D eigenvalue weighted by atomic mass is 16.2. The Bertz CT molecular complexity index is 1070. The van der Waals surface area contributed by atoms with E-state index in [1.54, 1.807) is 0 Å². The highest BCUT2D eigenvalue weighted by Gasteiger charge is 2.52. The molecule has 2 aliphatic rings. The number of carbonyl (C=O) groups excluding carboxylic acids is 3. The second-order valence-electron chi connectivity index (χ2n) is 9.40. The molecule has 0 atom stereocenters. The molecule has 6 nitrogen and oxygen atoms in total. The number of rotatable bonds is 4. The number of benzene rings is 1. The maximum absolute atomic E-state index is 13.2. The average molecular weight is 422 g/mol. The fourth-order valence-corrected chi connectivity index (χ4v) is 4.95. The van der Waals surface area contributed by atoms with E-state index in [0.717, 1.165) is 34.8 Å². The van der Waals surface area contributed by atoms with E-state index in [0.29, 0.717) is 24.3 Å². The number of aryl methyl sites for hydroxylation is 3. The van der Waals surface area contributed by atoms with Gasteiger partial charge in [-0.05, 0) is 88.6 Å². The quantitative estimate of drug-likeness (QED) is 0.588. The molecule has 0 unspecified atom stereocenters. The molecular formula is C25H31N3O3.